The van der Waals surface area contributed by atoms with Gasteiger partial charge >= 0.3 is 5.76 Å². The van der Waals surface area contributed by atoms with E-state index in [4.69, 9.17) is 4.42 Å². The Morgan fingerprint density at radius 1 is 1.24 bits per heavy atom. The molecule has 0 radical (unpaired) electrons. The van der Waals surface area contributed by atoms with Gasteiger partial charge in [0.15, 0.2) is 5.58 Å². The highest BCUT2D eigenvalue weighted by Gasteiger charge is 2.38. The van der Waals surface area contributed by atoms with E-state index in [1.165, 1.54) is 18.2 Å². The van der Waals surface area contributed by atoms with Crippen molar-refractivity contribution >= 4 is 21.1 Å². The van der Waals surface area contributed by atoms with E-state index < -0.39 is 34.5 Å². The summed E-state index contributed by atoms with van der Waals surface area (Å²) in [6.45, 7) is -0.454. The zero-order valence-electron chi connectivity index (χ0n) is 10.8. The third kappa shape index (κ3) is 2.58. The lowest BCUT2D eigenvalue weighted by Gasteiger charge is -2.30. The van der Waals surface area contributed by atoms with E-state index in [2.05, 4.69) is 4.98 Å². The molecule has 2 heterocycles. The van der Waals surface area contributed by atoms with E-state index in [9.17, 15) is 22.0 Å². The number of hydrogen-bond acceptors (Lipinski definition) is 4. The van der Waals surface area contributed by atoms with Crippen LogP contribution in [0.2, 0.25) is 0 Å². The quantitative estimate of drug-likeness (QED) is 0.910. The van der Waals surface area contributed by atoms with Gasteiger partial charge in [-0.2, -0.15) is 4.31 Å². The van der Waals surface area contributed by atoms with Crippen LogP contribution in [0.5, 0.6) is 0 Å². The predicted octanol–water partition coefficient (Wildman–Crippen LogP) is 1.54. The Morgan fingerprint density at radius 2 is 1.90 bits per heavy atom. The maximum Gasteiger partial charge on any atom is 0.417 e. The van der Waals surface area contributed by atoms with E-state index >= 15 is 0 Å². The second kappa shape index (κ2) is 4.63. The molecule has 0 unspecified atom stereocenters. The van der Waals surface area contributed by atoms with E-state index in [1.807, 2.05) is 0 Å². The average Bonchev–Trinajstić information content (AvgIpc) is 2.77. The topological polar surface area (TPSA) is 83.4 Å². The zero-order valence-corrected chi connectivity index (χ0v) is 11.6. The molecule has 0 amide bonds. The van der Waals surface area contributed by atoms with Gasteiger partial charge in [-0.3, -0.25) is 4.98 Å². The molecular weight excluding hydrogens is 306 g/mol. The number of halogens is 2. The van der Waals surface area contributed by atoms with Gasteiger partial charge in [-0.1, -0.05) is 0 Å². The molecule has 2 aromatic rings. The monoisotopic (exact) mass is 318 g/mol. The van der Waals surface area contributed by atoms with Crippen LogP contribution in [0.3, 0.4) is 0 Å². The summed E-state index contributed by atoms with van der Waals surface area (Å²) in [5, 5.41) is 0. The molecule has 21 heavy (non-hydrogen) atoms. The first kappa shape index (κ1) is 14.2. The van der Waals surface area contributed by atoms with Gasteiger partial charge in [0.1, 0.15) is 0 Å². The van der Waals surface area contributed by atoms with Gasteiger partial charge in [0, 0.05) is 25.9 Å². The minimum absolute atomic E-state index is 0.0581. The Kier molecular flexibility index (Phi) is 3.14. The largest absolute Gasteiger partial charge is 0.417 e. The van der Waals surface area contributed by atoms with Gasteiger partial charge in [-0.25, -0.2) is 22.0 Å². The molecular formula is C12H12F2N2O4S. The number of aromatic nitrogens is 1. The number of hydrogen-bond donors (Lipinski definition) is 1. The van der Waals surface area contributed by atoms with Crippen LogP contribution in [0.1, 0.15) is 12.8 Å². The second-order valence-electron chi connectivity index (χ2n) is 4.93. The van der Waals surface area contributed by atoms with E-state index in [0.29, 0.717) is 0 Å². The molecule has 0 bridgehead atoms. The third-order valence-electron chi connectivity index (χ3n) is 3.48. The van der Waals surface area contributed by atoms with Gasteiger partial charge in [-0.15, -0.1) is 0 Å². The molecule has 0 atom stereocenters. The molecule has 1 aromatic carbocycles. The fourth-order valence-electron chi connectivity index (χ4n) is 2.29. The van der Waals surface area contributed by atoms with Crippen LogP contribution in [0.15, 0.2) is 32.3 Å². The number of aromatic amines is 1. The highest BCUT2D eigenvalue weighted by molar-refractivity contribution is 7.89. The van der Waals surface area contributed by atoms with Crippen molar-refractivity contribution in [1.82, 2.24) is 9.29 Å². The first-order valence-electron chi connectivity index (χ1n) is 6.29. The summed E-state index contributed by atoms with van der Waals surface area (Å²) < 4.78 is 56.8. The van der Waals surface area contributed by atoms with Crippen molar-refractivity contribution in [2.24, 2.45) is 0 Å². The standard InChI is InChI=1S/C12H12F2N2O4S/c13-12(14)3-5-16(6-4-12)21(18,19)8-1-2-10-9(7-8)15-11(17)20-10/h1-2,7H,3-6H2,(H,15,17). The van der Waals surface area contributed by atoms with Crippen molar-refractivity contribution in [2.75, 3.05) is 13.1 Å². The van der Waals surface area contributed by atoms with Crippen LogP contribution in [0.4, 0.5) is 8.78 Å². The Morgan fingerprint density at radius 3 is 2.57 bits per heavy atom. The smallest absolute Gasteiger partial charge is 0.408 e. The highest BCUT2D eigenvalue weighted by Crippen LogP contribution is 2.31. The van der Waals surface area contributed by atoms with Crippen molar-refractivity contribution in [3.63, 3.8) is 0 Å². The first-order valence-corrected chi connectivity index (χ1v) is 7.73. The van der Waals surface area contributed by atoms with Gasteiger partial charge < -0.3 is 4.42 Å². The zero-order chi connectivity index (χ0) is 15.3. The molecule has 3 rings (SSSR count). The number of piperidine rings is 1. The third-order valence-corrected chi connectivity index (χ3v) is 5.38. The fourth-order valence-corrected chi connectivity index (χ4v) is 3.76. The summed E-state index contributed by atoms with van der Waals surface area (Å²) in [6, 6.07) is 3.92. The van der Waals surface area contributed by atoms with E-state index in [1.54, 1.807) is 0 Å². The number of nitrogens with one attached hydrogen (secondary N) is 1. The number of fused-ring (bicyclic) bond motifs is 1. The summed E-state index contributed by atoms with van der Waals surface area (Å²) in [5.74, 6) is -3.50. The molecule has 1 fully saturated rings. The van der Waals surface area contributed by atoms with Crippen molar-refractivity contribution < 1.29 is 21.6 Å². The van der Waals surface area contributed by atoms with E-state index in [0.717, 1.165) is 4.31 Å². The number of alkyl halides is 2. The van der Waals surface area contributed by atoms with Crippen LogP contribution in [-0.4, -0.2) is 36.7 Å². The van der Waals surface area contributed by atoms with Crippen molar-refractivity contribution in [3.05, 3.63) is 28.7 Å². The number of nitrogens with zero attached hydrogens (tertiary/aromatic N) is 1. The Hall–Kier alpha value is -1.74. The lowest BCUT2D eigenvalue weighted by atomic mass is 10.1. The van der Waals surface area contributed by atoms with E-state index in [-0.39, 0.29) is 29.1 Å². The Balaban J connectivity index is 1.94. The Labute approximate surface area is 118 Å². The summed E-state index contributed by atoms with van der Waals surface area (Å²) in [5.41, 5.74) is 0.493. The molecule has 1 aliphatic heterocycles. The SMILES string of the molecule is O=c1[nH]c2cc(S(=O)(=O)N3CCC(F)(F)CC3)ccc2o1. The molecule has 114 valence electrons. The van der Waals surface area contributed by atoms with Crippen molar-refractivity contribution in [1.29, 1.82) is 0 Å². The molecule has 9 heteroatoms. The summed E-state index contributed by atoms with van der Waals surface area (Å²) >= 11 is 0. The van der Waals surface area contributed by atoms with Crippen LogP contribution in [0, 0.1) is 0 Å². The van der Waals surface area contributed by atoms with Gasteiger partial charge in [0.05, 0.1) is 10.4 Å². The summed E-state index contributed by atoms with van der Waals surface area (Å²) in [4.78, 5) is 13.4. The number of benzene rings is 1. The summed E-state index contributed by atoms with van der Waals surface area (Å²) in [6.07, 6.45) is -0.978. The minimum Gasteiger partial charge on any atom is -0.408 e. The van der Waals surface area contributed by atoms with Crippen LogP contribution < -0.4 is 5.76 Å². The molecule has 0 saturated carbocycles. The van der Waals surface area contributed by atoms with Gasteiger partial charge in [0.2, 0.25) is 10.0 Å². The lowest BCUT2D eigenvalue weighted by molar-refractivity contribution is -0.0412. The summed E-state index contributed by atoms with van der Waals surface area (Å²) in [7, 11) is -3.86. The second-order valence-corrected chi connectivity index (χ2v) is 6.87. The van der Waals surface area contributed by atoms with Crippen molar-refractivity contribution in [3.8, 4) is 0 Å². The van der Waals surface area contributed by atoms with Crippen LogP contribution in [0.25, 0.3) is 11.1 Å². The predicted molar refractivity (Wildman–Crippen MR) is 69.8 cm³/mol. The molecule has 0 aliphatic carbocycles. The number of rotatable bonds is 2. The van der Waals surface area contributed by atoms with Crippen LogP contribution >= 0.6 is 0 Å². The molecule has 1 aromatic heterocycles. The maximum atomic E-state index is 13.1. The fraction of sp³-hybridized carbons (Fsp3) is 0.417. The molecule has 0 spiro atoms. The minimum atomic E-state index is -3.86. The Bertz CT molecular complexity index is 830. The molecule has 1 N–H and O–H groups in total. The van der Waals surface area contributed by atoms with Crippen molar-refractivity contribution in [2.45, 2.75) is 23.7 Å². The first-order chi connectivity index (χ1) is 9.78. The maximum absolute atomic E-state index is 13.1. The average molecular weight is 318 g/mol. The number of H-pyrrole nitrogens is 1. The van der Waals surface area contributed by atoms with Gasteiger partial charge in [0.25, 0.3) is 5.92 Å². The number of oxazole rings is 1. The van der Waals surface area contributed by atoms with Gasteiger partial charge in [-0.05, 0) is 18.2 Å². The normalized spacial score (nSPS) is 19.9. The molecule has 6 nitrogen and oxygen atoms in total. The molecule has 1 saturated heterocycles. The highest BCUT2D eigenvalue weighted by atomic mass is 32.2. The number of sulfonamides is 1. The van der Waals surface area contributed by atoms with Crippen LogP contribution in [-0.2, 0) is 10.0 Å². The molecule has 1 aliphatic rings. The lowest BCUT2D eigenvalue weighted by Crippen LogP contribution is -2.42.